The van der Waals surface area contributed by atoms with Crippen LogP contribution >= 0.6 is 0 Å². The van der Waals surface area contributed by atoms with Crippen molar-refractivity contribution in [2.24, 2.45) is 5.73 Å². The van der Waals surface area contributed by atoms with E-state index in [1.807, 2.05) is 0 Å². The summed E-state index contributed by atoms with van der Waals surface area (Å²) in [5, 5.41) is 10.8. The minimum absolute atomic E-state index is 0.509. The van der Waals surface area contributed by atoms with Gasteiger partial charge < -0.3 is 15.5 Å². The number of rotatable bonds is 8. The minimum Gasteiger partial charge on any atom is -0.408 e. The van der Waals surface area contributed by atoms with Gasteiger partial charge in [0.25, 0.3) is 0 Å². The van der Waals surface area contributed by atoms with Gasteiger partial charge in [-0.1, -0.05) is 31.3 Å². The summed E-state index contributed by atoms with van der Waals surface area (Å²) in [6, 6.07) is 0.509. The topological polar surface area (TPSA) is 77.0 Å². The highest BCUT2D eigenvalue weighted by atomic mass is 16.4. The molecule has 0 unspecified atom stereocenters. The standard InChI is InChI=1S/C10H20N4O/c1-2-3-4-5-8-12-10-14-13-9(15-10)6-7-11/h2-8,11H2,1H3,(H,12,14). The molecule has 86 valence electrons. The third kappa shape index (κ3) is 4.78. The highest BCUT2D eigenvalue weighted by molar-refractivity contribution is 5.16. The molecule has 0 saturated heterocycles. The van der Waals surface area contributed by atoms with Gasteiger partial charge in [-0.25, -0.2) is 0 Å². The molecule has 0 fully saturated rings. The maximum Gasteiger partial charge on any atom is 0.315 e. The summed E-state index contributed by atoms with van der Waals surface area (Å²) in [5.41, 5.74) is 5.38. The van der Waals surface area contributed by atoms with Crippen LogP contribution in [0.5, 0.6) is 0 Å². The Morgan fingerprint density at radius 3 is 2.87 bits per heavy atom. The van der Waals surface area contributed by atoms with Gasteiger partial charge >= 0.3 is 6.01 Å². The molecule has 0 aliphatic rings. The molecule has 5 nitrogen and oxygen atoms in total. The molecule has 1 rings (SSSR count). The molecule has 0 spiro atoms. The van der Waals surface area contributed by atoms with Gasteiger partial charge in [0, 0.05) is 19.5 Å². The van der Waals surface area contributed by atoms with Gasteiger partial charge in [0.2, 0.25) is 5.89 Å². The Hall–Kier alpha value is -1.10. The summed E-state index contributed by atoms with van der Waals surface area (Å²) in [6.07, 6.45) is 5.56. The lowest BCUT2D eigenvalue weighted by Gasteiger charge is -1.99. The summed E-state index contributed by atoms with van der Waals surface area (Å²) < 4.78 is 5.32. The first-order valence-corrected chi connectivity index (χ1v) is 5.63. The number of aromatic nitrogens is 2. The van der Waals surface area contributed by atoms with E-state index in [0.717, 1.165) is 13.0 Å². The quantitative estimate of drug-likeness (QED) is 0.639. The van der Waals surface area contributed by atoms with Crippen molar-refractivity contribution in [1.29, 1.82) is 0 Å². The molecule has 0 saturated carbocycles. The van der Waals surface area contributed by atoms with Crippen molar-refractivity contribution in [2.75, 3.05) is 18.4 Å². The first kappa shape index (κ1) is 12.0. The Morgan fingerprint density at radius 1 is 1.27 bits per heavy atom. The lowest BCUT2D eigenvalue weighted by atomic mass is 10.2. The molecule has 0 bridgehead atoms. The number of hydrogen-bond donors (Lipinski definition) is 2. The second-order valence-corrected chi connectivity index (χ2v) is 3.53. The summed E-state index contributed by atoms with van der Waals surface area (Å²) in [5.74, 6) is 0.605. The molecule has 0 atom stereocenters. The zero-order valence-electron chi connectivity index (χ0n) is 9.33. The van der Waals surface area contributed by atoms with Gasteiger partial charge in [0.05, 0.1) is 0 Å². The summed E-state index contributed by atoms with van der Waals surface area (Å²) in [4.78, 5) is 0. The fourth-order valence-corrected chi connectivity index (χ4v) is 1.30. The highest BCUT2D eigenvalue weighted by Crippen LogP contribution is 2.06. The number of nitrogens with one attached hydrogen (secondary N) is 1. The van der Waals surface area contributed by atoms with E-state index in [1.54, 1.807) is 0 Å². The fourth-order valence-electron chi connectivity index (χ4n) is 1.30. The van der Waals surface area contributed by atoms with Crippen LogP contribution in [0, 0.1) is 0 Å². The second kappa shape index (κ2) is 7.23. The number of nitrogens with two attached hydrogens (primary N) is 1. The normalized spacial score (nSPS) is 10.5. The zero-order valence-corrected chi connectivity index (χ0v) is 9.33. The Morgan fingerprint density at radius 2 is 2.13 bits per heavy atom. The third-order valence-electron chi connectivity index (χ3n) is 2.13. The van der Waals surface area contributed by atoms with Gasteiger partial charge in [0.1, 0.15) is 0 Å². The van der Waals surface area contributed by atoms with Crippen LogP contribution in [-0.4, -0.2) is 23.3 Å². The number of anilines is 1. The molecule has 15 heavy (non-hydrogen) atoms. The average Bonchev–Trinajstić information content (AvgIpc) is 2.66. The van der Waals surface area contributed by atoms with Gasteiger partial charge in [-0.3, -0.25) is 0 Å². The molecule has 0 aliphatic heterocycles. The monoisotopic (exact) mass is 212 g/mol. The van der Waals surface area contributed by atoms with Crippen molar-refractivity contribution in [3.8, 4) is 0 Å². The molecule has 3 N–H and O–H groups in total. The molecule has 0 radical (unpaired) electrons. The van der Waals surface area contributed by atoms with Gasteiger partial charge in [-0.15, -0.1) is 5.10 Å². The number of hydrogen-bond acceptors (Lipinski definition) is 5. The van der Waals surface area contributed by atoms with E-state index < -0.39 is 0 Å². The maximum absolute atomic E-state index is 5.38. The lowest BCUT2D eigenvalue weighted by molar-refractivity contribution is 0.504. The van der Waals surface area contributed by atoms with Crippen LogP contribution in [0.2, 0.25) is 0 Å². The highest BCUT2D eigenvalue weighted by Gasteiger charge is 2.03. The van der Waals surface area contributed by atoms with Crippen LogP contribution in [0.3, 0.4) is 0 Å². The van der Waals surface area contributed by atoms with Crippen molar-refractivity contribution in [3.63, 3.8) is 0 Å². The Bertz CT molecular complexity index is 262. The predicted octanol–water partition coefficient (Wildman–Crippen LogP) is 1.56. The number of unbranched alkanes of at least 4 members (excludes halogenated alkanes) is 3. The molecule has 1 aromatic heterocycles. The summed E-state index contributed by atoms with van der Waals surface area (Å²) >= 11 is 0. The fraction of sp³-hybridized carbons (Fsp3) is 0.800. The van der Waals surface area contributed by atoms with E-state index >= 15 is 0 Å². The van der Waals surface area contributed by atoms with E-state index in [2.05, 4.69) is 22.4 Å². The van der Waals surface area contributed by atoms with E-state index in [9.17, 15) is 0 Å². The predicted molar refractivity (Wildman–Crippen MR) is 59.7 cm³/mol. The van der Waals surface area contributed by atoms with Crippen molar-refractivity contribution in [2.45, 2.75) is 39.0 Å². The summed E-state index contributed by atoms with van der Waals surface area (Å²) in [7, 11) is 0. The molecule has 0 aliphatic carbocycles. The number of nitrogens with zero attached hydrogens (tertiary/aromatic N) is 2. The molecule has 0 amide bonds. The van der Waals surface area contributed by atoms with Crippen LogP contribution in [0.1, 0.15) is 38.5 Å². The largest absolute Gasteiger partial charge is 0.408 e. The molecular formula is C10H20N4O. The minimum atomic E-state index is 0.509. The van der Waals surface area contributed by atoms with E-state index in [1.165, 1.54) is 19.3 Å². The Kier molecular flexibility index (Phi) is 5.77. The van der Waals surface area contributed by atoms with Crippen LogP contribution in [0.4, 0.5) is 6.01 Å². The van der Waals surface area contributed by atoms with Crippen LogP contribution < -0.4 is 11.1 Å². The smallest absolute Gasteiger partial charge is 0.315 e. The van der Waals surface area contributed by atoms with Crippen molar-refractivity contribution in [1.82, 2.24) is 10.2 Å². The third-order valence-corrected chi connectivity index (χ3v) is 2.13. The second-order valence-electron chi connectivity index (χ2n) is 3.53. The maximum atomic E-state index is 5.38. The van der Waals surface area contributed by atoms with E-state index in [-0.39, 0.29) is 0 Å². The van der Waals surface area contributed by atoms with Crippen molar-refractivity contribution >= 4 is 6.01 Å². The molecule has 1 aromatic rings. The zero-order chi connectivity index (χ0) is 10.9. The van der Waals surface area contributed by atoms with Crippen LogP contribution in [0.25, 0.3) is 0 Å². The molecule has 0 aromatic carbocycles. The molecular weight excluding hydrogens is 192 g/mol. The van der Waals surface area contributed by atoms with Crippen LogP contribution in [0.15, 0.2) is 4.42 Å². The average molecular weight is 212 g/mol. The first-order valence-electron chi connectivity index (χ1n) is 5.63. The Labute approximate surface area is 90.4 Å². The van der Waals surface area contributed by atoms with Crippen molar-refractivity contribution < 1.29 is 4.42 Å². The van der Waals surface area contributed by atoms with Gasteiger partial charge in [0.15, 0.2) is 0 Å². The van der Waals surface area contributed by atoms with Crippen LogP contribution in [-0.2, 0) is 6.42 Å². The summed E-state index contributed by atoms with van der Waals surface area (Å²) in [6.45, 7) is 3.63. The van der Waals surface area contributed by atoms with E-state index in [4.69, 9.17) is 10.2 Å². The SMILES string of the molecule is CCCCCCNc1nnc(CCN)o1. The molecule has 1 heterocycles. The first-order chi connectivity index (χ1) is 7.36. The van der Waals surface area contributed by atoms with E-state index in [0.29, 0.717) is 24.9 Å². The lowest BCUT2D eigenvalue weighted by Crippen LogP contribution is -2.02. The molecule has 5 heteroatoms. The Balaban J connectivity index is 2.14. The van der Waals surface area contributed by atoms with Crippen molar-refractivity contribution in [3.05, 3.63) is 5.89 Å². The van der Waals surface area contributed by atoms with Gasteiger partial charge in [-0.05, 0) is 6.42 Å². The van der Waals surface area contributed by atoms with Gasteiger partial charge in [-0.2, -0.15) is 0 Å².